The summed E-state index contributed by atoms with van der Waals surface area (Å²) in [4.78, 5) is 12.6. The van der Waals surface area contributed by atoms with E-state index in [1.54, 1.807) is 11.3 Å². The number of guanidine groups is 1. The van der Waals surface area contributed by atoms with Gasteiger partial charge in [-0.2, -0.15) is 0 Å². The highest BCUT2D eigenvalue weighted by Gasteiger charge is 2.07. The second-order valence-corrected chi connectivity index (χ2v) is 8.46. The highest BCUT2D eigenvalue weighted by atomic mass is 32.1. The molecule has 160 valence electrons. The normalized spacial score (nSPS) is 11.5. The summed E-state index contributed by atoms with van der Waals surface area (Å²) in [5.74, 6) is 2.47. The van der Waals surface area contributed by atoms with E-state index in [4.69, 9.17) is 4.99 Å². The van der Waals surface area contributed by atoms with Crippen molar-refractivity contribution in [3.63, 3.8) is 0 Å². The van der Waals surface area contributed by atoms with Gasteiger partial charge in [-0.25, -0.2) is 9.98 Å². The van der Waals surface area contributed by atoms with Crippen molar-refractivity contribution < 1.29 is 0 Å². The Morgan fingerprint density at radius 3 is 2.63 bits per heavy atom. The zero-order chi connectivity index (χ0) is 21.3. The van der Waals surface area contributed by atoms with Crippen LogP contribution in [-0.2, 0) is 20.1 Å². The zero-order valence-corrected chi connectivity index (χ0v) is 18.9. The Morgan fingerprint density at radius 1 is 1.17 bits per heavy atom. The van der Waals surface area contributed by atoms with E-state index < -0.39 is 0 Å². The number of aliphatic imine (C=N–C) groups is 1. The molecule has 8 nitrogen and oxygen atoms in total. The van der Waals surface area contributed by atoms with E-state index in [0.29, 0.717) is 13.1 Å². The van der Waals surface area contributed by atoms with Crippen LogP contribution in [0.5, 0.6) is 0 Å². The number of aromatic nitrogens is 4. The van der Waals surface area contributed by atoms with Gasteiger partial charge in [0.2, 0.25) is 0 Å². The second kappa shape index (κ2) is 10.7. The summed E-state index contributed by atoms with van der Waals surface area (Å²) in [5, 5.41) is 16.2. The van der Waals surface area contributed by atoms with Gasteiger partial charge in [0.05, 0.1) is 6.54 Å². The zero-order valence-electron chi connectivity index (χ0n) is 18.1. The van der Waals surface area contributed by atoms with Crippen molar-refractivity contribution in [1.29, 1.82) is 0 Å². The first kappa shape index (κ1) is 21.8. The summed E-state index contributed by atoms with van der Waals surface area (Å²) in [6.07, 6.45) is 2.89. The summed E-state index contributed by atoms with van der Waals surface area (Å²) in [6, 6.07) is 10.4. The number of hydrogen-bond donors (Lipinski definition) is 2. The molecule has 1 aromatic carbocycles. The second-order valence-electron chi connectivity index (χ2n) is 7.14. The molecule has 30 heavy (non-hydrogen) atoms. The first-order valence-corrected chi connectivity index (χ1v) is 10.9. The molecule has 0 radical (unpaired) electrons. The number of thiazole rings is 1. The molecule has 0 fully saturated rings. The maximum Gasteiger partial charge on any atom is 0.192 e. The number of nitrogens with zero attached hydrogens (tertiary/aromatic N) is 6. The Labute approximate surface area is 182 Å². The smallest absolute Gasteiger partial charge is 0.192 e. The summed E-state index contributed by atoms with van der Waals surface area (Å²) in [5.41, 5.74) is 1.22. The lowest BCUT2D eigenvalue weighted by atomic mass is 10.3. The summed E-state index contributed by atoms with van der Waals surface area (Å²) >= 11 is 1.69. The van der Waals surface area contributed by atoms with Gasteiger partial charge < -0.3 is 20.1 Å². The van der Waals surface area contributed by atoms with E-state index >= 15 is 0 Å². The Kier molecular flexibility index (Phi) is 7.78. The minimum atomic E-state index is 0.466. The van der Waals surface area contributed by atoms with E-state index in [1.807, 2.05) is 30.8 Å². The average molecular weight is 427 g/mol. The Balaban J connectivity index is 1.54. The van der Waals surface area contributed by atoms with Crippen molar-refractivity contribution in [2.24, 2.45) is 12.0 Å². The SMILES string of the molecule is Cc1cnc(CNC(=NCc2nnc(C)n2C)NCCCN(C)c2ccccc2)s1. The van der Waals surface area contributed by atoms with Gasteiger partial charge in [0.1, 0.15) is 17.4 Å². The van der Waals surface area contributed by atoms with Gasteiger partial charge in [-0.1, -0.05) is 18.2 Å². The van der Waals surface area contributed by atoms with Crippen LogP contribution < -0.4 is 15.5 Å². The third-order valence-electron chi connectivity index (χ3n) is 4.80. The van der Waals surface area contributed by atoms with Crippen LogP contribution in [0, 0.1) is 13.8 Å². The molecule has 9 heteroatoms. The monoisotopic (exact) mass is 426 g/mol. The van der Waals surface area contributed by atoms with Crippen molar-refractivity contribution in [1.82, 2.24) is 30.4 Å². The van der Waals surface area contributed by atoms with Crippen LogP contribution in [0.3, 0.4) is 0 Å². The number of para-hydroxylation sites is 1. The molecule has 2 aromatic heterocycles. The van der Waals surface area contributed by atoms with Crippen molar-refractivity contribution in [3.8, 4) is 0 Å². The quantitative estimate of drug-likeness (QED) is 0.311. The molecule has 0 amide bonds. The summed E-state index contributed by atoms with van der Waals surface area (Å²) < 4.78 is 1.96. The molecule has 0 aliphatic carbocycles. The third-order valence-corrected chi connectivity index (χ3v) is 5.71. The van der Waals surface area contributed by atoms with Crippen LogP contribution in [-0.4, -0.2) is 45.8 Å². The topological polar surface area (TPSA) is 83.3 Å². The van der Waals surface area contributed by atoms with Crippen LogP contribution in [0.4, 0.5) is 5.69 Å². The molecule has 2 N–H and O–H groups in total. The lowest BCUT2D eigenvalue weighted by Gasteiger charge is -2.19. The summed E-state index contributed by atoms with van der Waals surface area (Å²) in [7, 11) is 4.07. The minimum absolute atomic E-state index is 0.466. The summed E-state index contributed by atoms with van der Waals surface area (Å²) in [6.45, 7) is 6.88. The van der Waals surface area contributed by atoms with Crippen LogP contribution in [0.1, 0.15) is 28.0 Å². The number of hydrogen-bond acceptors (Lipinski definition) is 6. The van der Waals surface area contributed by atoms with Gasteiger partial charge in [0.25, 0.3) is 0 Å². The lowest BCUT2D eigenvalue weighted by Crippen LogP contribution is -2.38. The standard InChI is InChI=1S/C21H30N8S/c1-16-13-23-20(30-16)15-25-21(24-14-19-27-26-17(2)29(19)4)22-11-8-12-28(3)18-9-6-5-7-10-18/h5-7,9-10,13H,8,11-12,14-15H2,1-4H3,(H2,22,24,25). The molecular formula is C21H30N8S. The first-order chi connectivity index (χ1) is 14.5. The largest absolute Gasteiger partial charge is 0.375 e. The van der Waals surface area contributed by atoms with Crippen molar-refractivity contribution in [2.75, 3.05) is 25.0 Å². The molecule has 3 rings (SSSR count). The molecule has 2 heterocycles. The van der Waals surface area contributed by atoms with E-state index in [0.717, 1.165) is 42.1 Å². The Morgan fingerprint density at radius 2 is 1.97 bits per heavy atom. The van der Waals surface area contributed by atoms with E-state index in [9.17, 15) is 0 Å². The molecule has 0 saturated carbocycles. The number of benzene rings is 1. The molecule has 3 aromatic rings. The number of aryl methyl sites for hydroxylation is 2. The van der Waals surface area contributed by atoms with E-state index in [2.05, 4.69) is 69.0 Å². The van der Waals surface area contributed by atoms with Gasteiger partial charge in [-0.3, -0.25) is 0 Å². The van der Waals surface area contributed by atoms with Crippen molar-refractivity contribution in [2.45, 2.75) is 33.4 Å². The third kappa shape index (κ3) is 6.28. The fraction of sp³-hybridized carbons (Fsp3) is 0.429. The predicted octanol–water partition coefficient (Wildman–Crippen LogP) is 2.65. The van der Waals surface area contributed by atoms with Crippen LogP contribution in [0.15, 0.2) is 41.5 Å². The molecule has 0 bridgehead atoms. The highest BCUT2D eigenvalue weighted by Crippen LogP contribution is 2.11. The van der Waals surface area contributed by atoms with E-state index in [-0.39, 0.29) is 0 Å². The predicted molar refractivity (Wildman–Crippen MR) is 123 cm³/mol. The van der Waals surface area contributed by atoms with E-state index in [1.165, 1.54) is 10.6 Å². The van der Waals surface area contributed by atoms with Crippen molar-refractivity contribution >= 4 is 23.0 Å². The highest BCUT2D eigenvalue weighted by molar-refractivity contribution is 7.11. The fourth-order valence-electron chi connectivity index (χ4n) is 2.89. The maximum absolute atomic E-state index is 4.70. The van der Waals surface area contributed by atoms with Gasteiger partial charge >= 0.3 is 0 Å². The molecule has 0 spiro atoms. The molecule has 0 atom stereocenters. The lowest BCUT2D eigenvalue weighted by molar-refractivity contribution is 0.716. The number of rotatable bonds is 9. The Bertz CT molecular complexity index is 947. The number of anilines is 1. The maximum atomic E-state index is 4.70. The van der Waals surface area contributed by atoms with Gasteiger partial charge in [0.15, 0.2) is 11.8 Å². The first-order valence-electron chi connectivity index (χ1n) is 10.1. The molecule has 0 aliphatic heterocycles. The van der Waals surface area contributed by atoms with Crippen LogP contribution >= 0.6 is 11.3 Å². The van der Waals surface area contributed by atoms with Crippen LogP contribution in [0.25, 0.3) is 0 Å². The molecular weight excluding hydrogens is 396 g/mol. The molecule has 0 unspecified atom stereocenters. The molecule has 0 saturated heterocycles. The van der Waals surface area contributed by atoms with Crippen LogP contribution in [0.2, 0.25) is 0 Å². The minimum Gasteiger partial charge on any atom is -0.375 e. The van der Waals surface area contributed by atoms with Gasteiger partial charge in [0, 0.05) is 43.9 Å². The van der Waals surface area contributed by atoms with Gasteiger partial charge in [-0.05, 0) is 32.4 Å². The van der Waals surface area contributed by atoms with Gasteiger partial charge in [-0.15, -0.1) is 21.5 Å². The average Bonchev–Trinajstić information content (AvgIpc) is 3.32. The number of nitrogens with one attached hydrogen (secondary N) is 2. The fourth-order valence-corrected chi connectivity index (χ4v) is 3.62. The Hall–Kier alpha value is -2.94. The van der Waals surface area contributed by atoms with Crippen molar-refractivity contribution in [3.05, 3.63) is 58.1 Å². The molecule has 0 aliphatic rings.